The van der Waals surface area contributed by atoms with Gasteiger partial charge in [0.1, 0.15) is 5.82 Å². The predicted octanol–water partition coefficient (Wildman–Crippen LogP) is 1.07. The Labute approximate surface area is 134 Å². The van der Waals surface area contributed by atoms with Gasteiger partial charge in [-0.1, -0.05) is 6.07 Å². The lowest BCUT2D eigenvalue weighted by atomic mass is 10.2. The second-order valence-corrected chi connectivity index (χ2v) is 6.34. The minimum absolute atomic E-state index is 0.0439. The summed E-state index contributed by atoms with van der Waals surface area (Å²) in [5, 5.41) is 12.2. The molecule has 0 unspecified atom stereocenters. The van der Waals surface area contributed by atoms with Crippen LogP contribution in [0.1, 0.15) is 16.1 Å². The molecule has 3 aromatic rings. The van der Waals surface area contributed by atoms with Crippen LogP contribution in [-0.2, 0) is 10.0 Å². The van der Waals surface area contributed by atoms with Crippen molar-refractivity contribution < 1.29 is 22.7 Å². The third kappa shape index (κ3) is 2.65. The van der Waals surface area contributed by atoms with E-state index in [0.717, 1.165) is 18.2 Å². The van der Waals surface area contributed by atoms with Gasteiger partial charge >= 0.3 is 5.97 Å². The van der Waals surface area contributed by atoms with Crippen LogP contribution in [0.3, 0.4) is 0 Å². The molecule has 0 spiro atoms. The molecular weight excluding hydrogens is 341 g/mol. The van der Waals surface area contributed by atoms with Crippen LogP contribution in [0.4, 0.5) is 10.1 Å². The number of hydrogen-bond donors (Lipinski definition) is 2. The van der Waals surface area contributed by atoms with Crippen LogP contribution in [0.15, 0.2) is 35.6 Å². The number of aryl methyl sites for hydroxylation is 1. The number of hydrogen-bond acceptors (Lipinski definition) is 6. The first kappa shape index (κ1) is 15.8. The Morgan fingerprint density at radius 2 is 2.08 bits per heavy atom. The third-order valence-electron chi connectivity index (χ3n) is 3.13. The summed E-state index contributed by atoms with van der Waals surface area (Å²) < 4.78 is 41.7. The van der Waals surface area contributed by atoms with Gasteiger partial charge in [-0.05, 0) is 25.1 Å². The molecule has 0 aliphatic carbocycles. The number of carboxylic acid groups (broad SMARTS) is 1. The molecule has 0 aliphatic rings. The Hall–Kier alpha value is -3.08. The highest BCUT2D eigenvalue weighted by Crippen LogP contribution is 2.23. The molecule has 0 amide bonds. The molecule has 0 saturated heterocycles. The fraction of sp³-hybridized carbons (Fsp3) is 0.0769. The van der Waals surface area contributed by atoms with E-state index in [-0.39, 0.29) is 5.78 Å². The van der Waals surface area contributed by atoms with E-state index < -0.39 is 38.2 Å². The number of fused-ring (bicyclic) bond motifs is 1. The van der Waals surface area contributed by atoms with E-state index in [9.17, 15) is 17.6 Å². The summed E-state index contributed by atoms with van der Waals surface area (Å²) in [7, 11) is -4.41. The fourth-order valence-corrected chi connectivity index (χ4v) is 2.95. The standard InChI is InChI=1S/C13H10FN5O4S/c1-7-5-6-15-12-16-13(17-19(7)12)24(22,23)18-10-8(11(20)21)3-2-4-9(10)14/h2-6,18H,1H3,(H,20,21). The van der Waals surface area contributed by atoms with Crippen molar-refractivity contribution in [3.8, 4) is 0 Å². The van der Waals surface area contributed by atoms with Crippen LogP contribution in [0.5, 0.6) is 0 Å². The zero-order valence-electron chi connectivity index (χ0n) is 12.1. The van der Waals surface area contributed by atoms with Gasteiger partial charge in [-0.15, -0.1) is 5.10 Å². The molecule has 2 aromatic heterocycles. The maximum absolute atomic E-state index is 13.9. The number of anilines is 1. The predicted molar refractivity (Wildman–Crippen MR) is 79.7 cm³/mol. The highest BCUT2D eigenvalue weighted by atomic mass is 32.2. The number of para-hydroxylation sites is 1. The first-order valence-corrected chi connectivity index (χ1v) is 8.01. The van der Waals surface area contributed by atoms with Gasteiger partial charge in [0, 0.05) is 11.9 Å². The quantitative estimate of drug-likeness (QED) is 0.720. The van der Waals surface area contributed by atoms with Crippen LogP contribution < -0.4 is 4.72 Å². The molecule has 0 radical (unpaired) electrons. The number of nitrogens with one attached hydrogen (secondary N) is 1. The van der Waals surface area contributed by atoms with Crippen LogP contribution in [0, 0.1) is 12.7 Å². The molecule has 0 saturated carbocycles. The van der Waals surface area contributed by atoms with E-state index in [0.29, 0.717) is 5.69 Å². The summed E-state index contributed by atoms with van der Waals surface area (Å²) in [5.41, 5.74) is -0.628. The molecule has 24 heavy (non-hydrogen) atoms. The van der Waals surface area contributed by atoms with Gasteiger partial charge in [-0.2, -0.15) is 13.4 Å². The number of benzene rings is 1. The number of sulfonamides is 1. The molecule has 0 atom stereocenters. The van der Waals surface area contributed by atoms with E-state index in [2.05, 4.69) is 15.1 Å². The van der Waals surface area contributed by atoms with Crippen molar-refractivity contribution in [3.05, 3.63) is 47.5 Å². The van der Waals surface area contributed by atoms with Gasteiger partial charge in [0.05, 0.1) is 11.3 Å². The minimum Gasteiger partial charge on any atom is -0.478 e. The van der Waals surface area contributed by atoms with Crippen molar-refractivity contribution >= 4 is 27.5 Å². The number of rotatable bonds is 4. The maximum atomic E-state index is 13.9. The first-order valence-electron chi connectivity index (χ1n) is 6.52. The lowest BCUT2D eigenvalue weighted by Gasteiger charge is -2.09. The number of carboxylic acids is 1. The largest absolute Gasteiger partial charge is 0.478 e. The lowest BCUT2D eigenvalue weighted by molar-refractivity contribution is 0.0697. The summed E-state index contributed by atoms with van der Waals surface area (Å²) in [6.07, 6.45) is 1.43. The summed E-state index contributed by atoms with van der Waals surface area (Å²) in [4.78, 5) is 18.8. The fourth-order valence-electron chi connectivity index (χ4n) is 1.99. The molecule has 1 aromatic carbocycles. The van der Waals surface area contributed by atoms with Gasteiger partial charge in [0.25, 0.3) is 21.0 Å². The summed E-state index contributed by atoms with van der Waals surface area (Å²) in [6, 6.07) is 4.77. The van der Waals surface area contributed by atoms with Crippen molar-refractivity contribution in [2.75, 3.05) is 4.72 Å². The average Bonchev–Trinajstić information content (AvgIpc) is 2.95. The number of carbonyl (C=O) groups is 1. The molecular formula is C13H10FN5O4S. The van der Waals surface area contributed by atoms with E-state index in [1.165, 1.54) is 10.7 Å². The van der Waals surface area contributed by atoms with Gasteiger partial charge < -0.3 is 5.11 Å². The Bertz CT molecular complexity index is 1060. The molecule has 11 heteroatoms. The normalized spacial score (nSPS) is 11.6. The van der Waals surface area contributed by atoms with Crippen LogP contribution >= 0.6 is 0 Å². The average molecular weight is 351 g/mol. The summed E-state index contributed by atoms with van der Waals surface area (Å²) in [5.74, 6) is -2.47. The maximum Gasteiger partial charge on any atom is 0.337 e. The van der Waals surface area contributed by atoms with Crippen molar-refractivity contribution in [3.63, 3.8) is 0 Å². The molecule has 0 fully saturated rings. The third-order valence-corrected chi connectivity index (χ3v) is 4.26. The van der Waals surface area contributed by atoms with E-state index >= 15 is 0 Å². The van der Waals surface area contributed by atoms with Gasteiger partial charge in [-0.25, -0.2) is 18.7 Å². The number of nitrogens with zero attached hydrogens (tertiary/aromatic N) is 4. The highest BCUT2D eigenvalue weighted by molar-refractivity contribution is 7.92. The van der Waals surface area contributed by atoms with Crippen molar-refractivity contribution in [1.29, 1.82) is 0 Å². The van der Waals surface area contributed by atoms with Gasteiger partial charge in [0.2, 0.25) is 0 Å². The molecule has 2 heterocycles. The van der Waals surface area contributed by atoms with Crippen molar-refractivity contribution in [2.24, 2.45) is 0 Å². The lowest BCUT2D eigenvalue weighted by Crippen LogP contribution is -2.18. The SMILES string of the molecule is Cc1ccnc2nc(S(=O)(=O)Nc3c(F)cccc3C(=O)O)nn12. The molecule has 0 aliphatic heterocycles. The Morgan fingerprint density at radius 1 is 1.33 bits per heavy atom. The van der Waals surface area contributed by atoms with E-state index in [1.807, 2.05) is 4.72 Å². The van der Waals surface area contributed by atoms with Crippen molar-refractivity contribution in [1.82, 2.24) is 19.6 Å². The Balaban J connectivity index is 2.09. The first-order chi connectivity index (χ1) is 11.3. The van der Waals surface area contributed by atoms with E-state index in [1.54, 1.807) is 13.0 Å². The number of halogens is 1. The van der Waals surface area contributed by atoms with Crippen LogP contribution in [0.2, 0.25) is 0 Å². The topological polar surface area (TPSA) is 127 Å². The van der Waals surface area contributed by atoms with Crippen LogP contribution in [0.25, 0.3) is 5.78 Å². The number of aromatic carboxylic acids is 1. The Morgan fingerprint density at radius 3 is 2.75 bits per heavy atom. The zero-order chi connectivity index (χ0) is 17.5. The highest BCUT2D eigenvalue weighted by Gasteiger charge is 2.25. The molecule has 124 valence electrons. The smallest absolute Gasteiger partial charge is 0.337 e. The monoisotopic (exact) mass is 351 g/mol. The molecule has 9 nitrogen and oxygen atoms in total. The Kier molecular flexibility index (Phi) is 3.64. The number of aromatic nitrogens is 4. The van der Waals surface area contributed by atoms with Crippen molar-refractivity contribution in [2.45, 2.75) is 12.1 Å². The summed E-state index contributed by atoms with van der Waals surface area (Å²) >= 11 is 0. The second-order valence-electron chi connectivity index (χ2n) is 4.77. The minimum atomic E-state index is -4.41. The molecule has 0 bridgehead atoms. The second kappa shape index (κ2) is 5.53. The summed E-state index contributed by atoms with van der Waals surface area (Å²) in [6.45, 7) is 1.67. The van der Waals surface area contributed by atoms with Gasteiger partial charge in [-0.3, -0.25) is 4.72 Å². The van der Waals surface area contributed by atoms with Crippen LogP contribution in [-0.4, -0.2) is 39.1 Å². The zero-order valence-corrected chi connectivity index (χ0v) is 13.0. The molecule has 2 N–H and O–H groups in total. The van der Waals surface area contributed by atoms with E-state index in [4.69, 9.17) is 5.11 Å². The van der Waals surface area contributed by atoms with Gasteiger partial charge in [0.15, 0.2) is 0 Å². The molecule has 3 rings (SSSR count).